The molecule has 4 rings (SSSR count). The molecule has 1 N–H and O–H groups in total. The van der Waals surface area contributed by atoms with Crippen molar-refractivity contribution in [2.45, 2.75) is 33.0 Å². The van der Waals surface area contributed by atoms with E-state index in [1.807, 2.05) is 62.4 Å². The molecule has 1 amide bonds. The summed E-state index contributed by atoms with van der Waals surface area (Å²) >= 11 is 0. The van der Waals surface area contributed by atoms with Crippen LogP contribution in [-0.4, -0.2) is 33.2 Å². The van der Waals surface area contributed by atoms with Crippen molar-refractivity contribution in [1.29, 1.82) is 0 Å². The zero-order chi connectivity index (χ0) is 21.3. The fourth-order valence-corrected chi connectivity index (χ4v) is 3.66. The average molecular weight is 404 g/mol. The summed E-state index contributed by atoms with van der Waals surface area (Å²) in [5.41, 5.74) is 2.65. The van der Waals surface area contributed by atoms with E-state index >= 15 is 0 Å². The second-order valence-corrected chi connectivity index (χ2v) is 7.55. The van der Waals surface area contributed by atoms with Gasteiger partial charge in [-0.1, -0.05) is 30.3 Å². The molecule has 154 valence electrons. The number of rotatable bonds is 6. The summed E-state index contributed by atoms with van der Waals surface area (Å²) in [5, 5.41) is 3.75. The number of methoxy groups -OCH3 is 1. The number of nitrogens with zero attached hydrogens (tertiary/aromatic N) is 3. The van der Waals surface area contributed by atoms with Crippen LogP contribution in [0.3, 0.4) is 0 Å². The summed E-state index contributed by atoms with van der Waals surface area (Å²) in [6.07, 6.45) is 1.57. The lowest BCUT2D eigenvalue weighted by molar-refractivity contribution is -0.122. The van der Waals surface area contributed by atoms with Gasteiger partial charge in [0.1, 0.15) is 23.3 Å². The number of carbonyl (C=O) groups is 1. The highest BCUT2D eigenvalue weighted by Crippen LogP contribution is 2.25. The number of hydrogen-bond donors (Lipinski definition) is 1. The molecule has 0 saturated heterocycles. The highest BCUT2D eigenvalue weighted by atomic mass is 16.5. The van der Waals surface area contributed by atoms with Gasteiger partial charge in [-0.2, -0.15) is 0 Å². The molecule has 4 aromatic rings. The Morgan fingerprint density at radius 3 is 2.57 bits per heavy atom. The molecule has 7 heteroatoms. The summed E-state index contributed by atoms with van der Waals surface area (Å²) in [6.45, 7) is 4.26. The van der Waals surface area contributed by atoms with Crippen molar-refractivity contribution in [3.8, 4) is 5.75 Å². The van der Waals surface area contributed by atoms with Gasteiger partial charge in [0.15, 0.2) is 0 Å². The fourth-order valence-electron chi connectivity index (χ4n) is 3.66. The normalized spacial score (nSPS) is 11.3. The lowest BCUT2D eigenvalue weighted by Gasteiger charge is -2.11. The predicted molar refractivity (Wildman–Crippen MR) is 117 cm³/mol. The minimum atomic E-state index is -0.177. The van der Waals surface area contributed by atoms with E-state index < -0.39 is 0 Å². The molecule has 0 aliphatic carbocycles. The molecule has 2 aromatic heterocycles. The monoisotopic (exact) mass is 404 g/mol. The number of nitrogens with one attached hydrogen (secondary N) is 1. The molecule has 0 bridgehead atoms. The number of ether oxygens (including phenoxy) is 1. The number of benzene rings is 2. The molecule has 2 aromatic carbocycles. The van der Waals surface area contributed by atoms with Crippen molar-refractivity contribution >= 4 is 27.8 Å². The van der Waals surface area contributed by atoms with Crippen LogP contribution in [0.15, 0.2) is 59.7 Å². The number of hydrogen-bond acceptors (Lipinski definition) is 4. The summed E-state index contributed by atoms with van der Waals surface area (Å²) in [6, 6.07) is 15.2. The van der Waals surface area contributed by atoms with Crippen LogP contribution in [0.2, 0.25) is 0 Å². The Bertz CT molecular complexity index is 1270. The molecule has 0 saturated carbocycles. The first-order chi connectivity index (χ1) is 14.5. The van der Waals surface area contributed by atoms with Gasteiger partial charge >= 0.3 is 0 Å². The number of fused-ring (bicyclic) bond motifs is 3. The number of amides is 1. The van der Waals surface area contributed by atoms with Crippen LogP contribution in [-0.2, 0) is 17.9 Å². The van der Waals surface area contributed by atoms with Gasteiger partial charge in [0.2, 0.25) is 5.91 Å². The van der Waals surface area contributed by atoms with E-state index in [1.165, 1.54) is 0 Å². The first kappa shape index (κ1) is 19.7. The molecule has 0 atom stereocenters. The van der Waals surface area contributed by atoms with Crippen LogP contribution in [0.1, 0.15) is 19.4 Å². The molecule has 0 unspecified atom stereocenters. The molecule has 7 nitrogen and oxygen atoms in total. The Balaban J connectivity index is 1.82. The first-order valence-electron chi connectivity index (χ1n) is 9.86. The van der Waals surface area contributed by atoms with Gasteiger partial charge in [-0.05, 0) is 37.6 Å². The Hall–Kier alpha value is -3.61. The molecule has 2 heterocycles. The SMILES string of the molecule is COc1ccc(Cn2cnc3c4ccccc4n(CC(=O)NC(C)C)c3c2=O)cc1. The lowest BCUT2D eigenvalue weighted by atomic mass is 10.2. The molecule has 30 heavy (non-hydrogen) atoms. The van der Waals surface area contributed by atoms with E-state index in [2.05, 4.69) is 10.3 Å². The van der Waals surface area contributed by atoms with E-state index in [0.717, 1.165) is 22.2 Å². The molecular weight excluding hydrogens is 380 g/mol. The van der Waals surface area contributed by atoms with Gasteiger partial charge in [0.05, 0.1) is 25.5 Å². The summed E-state index contributed by atoms with van der Waals surface area (Å²) < 4.78 is 8.53. The highest BCUT2D eigenvalue weighted by molar-refractivity contribution is 6.06. The summed E-state index contributed by atoms with van der Waals surface area (Å²) in [4.78, 5) is 30.5. The topological polar surface area (TPSA) is 78.2 Å². The number of aromatic nitrogens is 3. The quantitative estimate of drug-likeness (QED) is 0.536. The fraction of sp³-hybridized carbons (Fsp3) is 0.261. The van der Waals surface area contributed by atoms with Gasteiger partial charge in [0.25, 0.3) is 5.56 Å². The third-order valence-electron chi connectivity index (χ3n) is 5.00. The van der Waals surface area contributed by atoms with Crippen LogP contribution in [0.4, 0.5) is 0 Å². The Morgan fingerprint density at radius 2 is 1.87 bits per heavy atom. The smallest absolute Gasteiger partial charge is 0.278 e. The zero-order valence-corrected chi connectivity index (χ0v) is 17.3. The van der Waals surface area contributed by atoms with Crippen LogP contribution in [0, 0.1) is 0 Å². The average Bonchev–Trinajstić information content (AvgIpc) is 3.04. The second-order valence-electron chi connectivity index (χ2n) is 7.55. The standard InChI is InChI=1S/C23H24N4O3/c1-15(2)25-20(28)13-27-19-7-5-4-6-18(19)21-22(27)23(29)26(14-24-21)12-16-8-10-17(30-3)11-9-16/h4-11,14-15H,12-13H2,1-3H3,(H,25,28). The minimum absolute atomic E-state index is 0.0236. The van der Waals surface area contributed by atoms with Crippen molar-refractivity contribution in [3.63, 3.8) is 0 Å². The maximum Gasteiger partial charge on any atom is 0.278 e. The summed E-state index contributed by atoms with van der Waals surface area (Å²) in [7, 11) is 1.62. The third kappa shape index (κ3) is 3.66. The van der Waals surface area contributed by atoms with Gasteiger partial charge in [-0.3, -0.25) is 14.2 Å². The molecule has 0 aliphatic heterocycles. The van der Waals surface area contributed by atoms with Crippen molar-refractivity contribution in [2.75, 3.05) is 7.11 Å². The van der Waals surface area contributed by atoms with Crippen molar-refractivity contribution < 1.29 is 9.53 Å². The van der Waals surface area contributed by atoms with Crippen LogP contribution < -0.4 is 15.6 Å². The predicted octanol–water partition coefficient (Wildman–Crippen LogP) is 2.93. The van der Waals surface area contributed by atoms with Crippen LogP contribution in [0.5, 0.6) is 5.75 Å². The largest absolute Gasteiger partial charge is 0.497 e. The van der Waals surface area contributed by atoms with E-state index in [4.69, 9.17) is 4.74 Å². The van der Waals surface area contributed by atoms with Gasteiger partial charge in [-0.15, -0.1) is 0 Å². The Morgan fingerprint density at radius 1 is 1.13 bits per heavy atom. The van der Waals surface area contributed by atoms with Crippen molar-refractivity contribution in [1.82, 2.24) is 19.4 Å². The highest BCUT2D eigenvalue weighted by Gasteiger charge is 2.18. The van der Waals surface area contributed by atoms with Gasteiger partial charge in [-0.25, -0.2) is 4.98 Å². The van der Waals surface area contributed by atoms with Crippen LogP contribution >= 0.6 is 0 Å². The van der Waals surface area contributed by atoms with E-state index in [0.29, 0.717) is 17.6 Å². The Kier molecular flexibility index (Phi) is 5.27. The maximum atomic E-state index is 13.4. The van der Waals surface area contributed by atoms with E-state index in [-0.39, 0.29) is 24.1 Å². The first-order valence-corrected chi connectivity index (χ1v) is 9.86. The lowest BCUT2D eigenvalue weighted by Crippen LogP contribution is -2.33. The molecular formula is C23H24N4O3. The minimum Gasteiger partial charge on any atom is -0.497 e. The number of carbonyl (C=O) groups excluding carboxylic acids is 1. The van der Waals surface area contributed by atoms with Gasteiger partial charge < -0.3 is 14.6 Å². The third-order valence-corrected chi connectivity index (χ3v) is 5.00. The van der Waals surface area contributed by atoms with E-state index in [9.17, 15) is 9.59 Å². The van der Waals surface area contributed by atoms with E-state index in [1.54, 1.807) is 22.6 Å². The number of para-hydroxylation sites is 1. The van der Waals surface area contributed by atoms with Crippen LogP contribution in [0.25, 0.3) is 21.9 Å². The van der Waals surface area contributed by atoms with Crippen molar-refractivity contribution in [2.24, 2.45) is 0 Å². The molecule has 0 spiro atoms. The summed E-state index contributed by atoms with van der Waals surface area (Å²) in [5.74, 6) is 0.619. The molecule has 0 radical (unpaired) electrons. The second kappa shape index (κ2) is 8.02. The van der Waals surface area contributed by atoms with Crippen molar-refractivity contribution in [3.05, 3.63) is 70.8 Å². The van der Waals surface area contributed by atoms with Gasteiger partial charge in [0, 0.05) is 11.4 Å². The maximum absolute atomic E-state index is 13.4. The molecule has 0 fully saturated rings. The molecule has 0 aliphatic rings. The Labute approximate surface area is 173 Å². The zero-order valence-electron chi connectivity index (χ0n) is 17.3.